The van der Waals surface area contributed by atoms with Crippen molar-refractivity contribution in [3.8, 4) is 0 Å². The van der Waals surface area contributed by atoms with Crippen LogP contribution in [0.5, 0.6) is 0 Å². The Bertz CT molecular complexity index is 486. The van der Waals surface area contributed by atoms with Gasteiger partial charge in [0.05, 0.1) is 5.56 Å². The molecule has 2 aliphatic heterocycles. The lowest BCUT2D eigenvalue weighted by atomic mass is 10.0. The summed E-state index contributed by atoms with van der Waals surface area (Å²) in [5, 5.41) is 3.98. The Kier molecular flexibility index (Phi) is 4.77. The molecule has 2 saturated heterocycles. The van der Waals surface area contributed by atoms with Gasteiger partial charge in [-0.1, -0.05) is 11.6 Å². The van der Waals surface area contributed by atoms with Gasteiger partial charge in [0, 0.05) is 35.7 Å². The summed E-state index contributed by atoms with van der Waals surface area (Å²) < 4.78 is 0.812. The van der Waals surface area contributed by atoms with E-state index in [1.54, 1.807) is 12.1 Å². The highest BCUT2D eigenvalue weighted by Gasteiger charge is 2.38. The Morgan fingerprint density at radius 3 is 2.58 bits per heavy atom. The molecule has 2 aliphatic rings. The van der Waals surface area contributed by atoms with Crippen LogP contribution < -0.4 is 5.32 Å². The zero-order valence-corrected chi connectivity index (χ0v) is 13.4. The van der Waals surface area contributed by atoms with Gasteiger partial charge >= 0.3 is 0 Å². The normalized spacial score (nSPS) is 25.1. The second-order valence-corrected chi connectivity index (χ2v) is 6.30. The smallest absolute Gasteiger partial charge is 0.255 e. The zero-order chi connectivity index (χ0) is 12.7. The Balaban J connectivity index is 0.00000133. The minimum absolute atomic E-state index is 0. The number of halogens is 3. The number of carbonyl (C=O) groups is 1. The molecule has 2 atom stereocenters. The second-order valence-electron chi connectivity index (χ2n) is 5.01. The van der Waals surface area contributed by atoms with Crippen LogP contribution in [0.4, 0.5) is 0 Å². The fraction of sp³-hybridized carbons (Fsp3) is 0.462. The Labute approximate surface area is 132 Å². The molecule has 0 radical (unpaired) electrons. The topological polar surface area (TPSA) is 32.3 Å². The Hall–Kier alpha value is -0.290. The quantitative estimate of drug-likeness (QED) is 0.829. The first-order valence-electron chi connectivity index (χ1n) is 6.10. The van der Waals surface area contributed by atoms with E-state index in [1.165, 1.54) is 0 Å². The maximum Gasteiger partial charge on any atom is 0.255 e. The number of nitrogens with zero attached hydrogens (tertiary/aromatic N) is 1. The Morgan fingerprint density at radius 2 is 1.95 bits per heavy atom. The summed E-state index contributed by atoms with van der Waals surface area (Å²) in [5.74, 6) is 1.32. The van der Waals surface area contributed by atoms with E-state index in [9.17, 15) is 4.79 Å². The van der Waals surface area contributed by atoms with E-state index < -0.39 is 0 Å². The standard InChI is InChI=1S/C13H14BrClN2O.ClH/c14-12-2-1-10(15)3-11(12)13(18)17-6-8-4-16-5-9(8)7-17;/h1-3,8-9,16H,4-7H2;1H/t8-,9+;. The van der Waals surface area contributed by atoms with Crippen molar-refractivity contribution in [2.75, 3.05) is 26.2 Å². The number of hydrogen-bond acceptors (Lipinski definition) is 2. The molecule has 0 aliphatic carbocycles. The minimum atomic E-state index is 0. The number of hydrogen-bond donors (Lipinski definition) is 1. The zero-order valence-electron chi connectivity index (χ0n) is 10.2. The molecular weight excluding hydrogens is 351 g/mol. The number of fused-ring (bicyclic) bond motifs is 1. The molecule has 0 bridgehead atoms. The third-order valence-electron chi connectivity index (χ3n) is 3.84. The summed E-state index contributed by atoms with van der Waals surface area (Å²) in [7, 11) is 0. The van der Waals surface area contributed by atoms with Gasteiger partial charge in [-0.3, -0.25) is 4.79 Å². The molecule has 104 valence electrons. The van der Waals surface area contributed by atoms with E-state index >= 15 is 0 Å². The molecule has 1 aromatic carbocycles. The van der Waals surface area contributed by atoms with Gasteiger partial charge in [0.15, 0.2) is 0 Å². The van der Waals surface area contributed by atoms with Crippen molar-refractivity contribution in [3.63, 3.8) is 0 Å². The molecule has 0 unspecified atom stereocenters. The van der Waals surface area contributed by atoms with Crippen molar-refractivity contribution < 1.29 is 4.79 Å². The SMILES string of the molecule is Cl.O=C(c1cc(Cl)ccc1Br)N1C[C@H]2CNC[C@H]2C1. The van der Waals surface area contributed by atoms with Gasteiger partial charge < -0.3 is 10.2 Å². The van der Waals surface area contributed by atoms with Crippen LogP contribution in [0.2, 0.25) is 5.02 Å². The third-order valence-corrected chi connectivity index (χ3v) is 4.76. The van der Waals surface area contributed by atoms with Crippen LogP contribution in [0.15, 0.2) is 22.7 Å². The van der Waals surface area contributed by atoms with Crippen LogP contribution in [-0.2, 0) is 0 Å². The maximum absolute atomic E-state index is 12.5. The molecule has 2 fully saturated rings. The van der Waals surface area contributed by atoms with Gasteiger partial charge in [-0.2, -0.15) is 0 Å². The molecule has 19 heavy (non-hydrogen) atoms. The van der Waals surface area contributed by atoms with Gasteiger partial charge in [0.2, 0.25) is 0 Å². The average Bonchev–Trinajstić information content (AvgIpc) is 2.91. The summed E-state index contributed by atoms with van der Waals surface area (Å²) in [6, 6.07) is 5.35. The highest BCUT2D eigenvalue weighted by Crippen LogP contribution is 2.29. The molecule has 1 N–H and O–H groups in total. The first-order valence-corrected chi connectivity index (χ1v) is 7.27. The van der Waals surface area contributed by atoms with Crippen LogP contribution in [0, 0.1) is 11.8 Å². The molecular formula is C13H15BrCl2N2O. The summed E-state index contributed by atoms with van der Waals surface area (Å²) in [6.45, 7) is 3.78. The lowest BCUT2D eigenvalue weighted by Gasteiger charge is -2.18. The third kappa shape index (κ3) is 2.92. The van der Waals surface area contributed by atoms with E-state index in [2.05, 4.69) is 21.2 Å². The number of nitrogens with one attached hydrogen (secondary N) is 1. The minimum Gasteiger partial charge on any atom is -0.338 e. The fourth-order valence-corrected chi connectivity index (χ4v) is 3.44. The summed E-state index contributed by atoms with van der Waals surface area (Å²) >= 11 is 9.38. The summed E-state index contributed by atoms with van der Waals surface area (Å²) in [5.41, 5.74) is 0.662. The van der Waals surface area contributed by atoms with Gasteiger partial charge in [0.1, 0.15) is 0 Å². The van der Waals surface area contributed by atoms with Gasteiger partial charge in [-0.25, -0.2) is 0 Å². The van der Waals surface area contributed by atoms with Gasteiger partial charge in [-0.15, -0.1) is 12.4 Å². The second kappa shape index (κ2) is 6.00. The number of amides is 1. The maximum atomic E-state index is 12.5. The van der Waals surface area contributed by atoms with Crippen molar-refractivity contribution in [2.24, 2.45) is 11.8 Å². The number of likely N-dealkylation sites (tertiary alicyclic amines) is 1. The van der Waals surface area contributed by atoms with Crippen molar-refractivity contribution in [3.05, 3.63) is 33.3 Å². The molecule has 3 rings (SSSR count). The van der Waals surface area contributed by atoms with Crippen molar-refractivity contribution in [1.82, 2.24) is 10.2 Å². The molecule has 1 aromatic rings. The van der Waals surface area contributed by atoms with Crippen LogP contribution >= 0.6 is 39.9 Å². The highest BCUT2D eigenvalue weighted by molar-refractivity contribution is 9.10. The Morgan fingerprint density at radius 1 is 1.32 bits per heavy atom. The van der Waals surface area contributed by atoms with E-state index in [0.717, 1.165) is 30.7 Å². The molecule has 3 nitrogen and oxygen atoms in total. The predicted molar refractivity (Wildman–Crippen MR) is 82.2 cm³/mol. The summed E-state index contributed by atoms with van der Waals surface area (Å²) in [4.78, 5) is 14.4. The van der Waals surface area contributed by atoms with Gasteiger partial charge in [-0.05, 0) is 46.0 Å². The highest BCUT2D eigenvalue weighted by atomic mass is 79.9. The molecule has 0 spiro atoms. The molecule has 6 heteroatoms. The first kappa shape index (κ1) is 15.1. The summed E-state index contributed by atoms with van der Waals surface area (Å²) in [6.07, 6.45) is 0. The predicted octanol–water partition coefficient (Wildman–Crippen LogP) is 2.82. The average molecular weight is 366 g/mol. The van der Waals surface area contributed by atoms with E-state index in [0.29, 0.717) is 22.4 Å². The monoisotopic (exact) mass is 364 g/mol. The number of carbonyl (C=O) groups excluding carboxylic acids is 1. The lowest BCUT2D eigenvalue weighted by Crippen LogP contribution is -2.32. The van der Waals surface area contributed by atoms with Gasteiger partial charge in [0.25, 0.3) is 5.91 Å². The van der Waals surface area contributed by atoms with Crippen LogP contribution in [0.1, 0.15) is 10.4 Å². The largest absolute Gasteiger partial charge is 0.338 e. The van der Waals surface area contributed by atoms with Crippen molar-refractivity contribution in [1.29, 1.82) is 0 Å². The number of rotatable bonds is 1. The van der Waals surface area contributed by atoms with E-state index in [4.69, 9.17) is 11.6 Å². The fourth-order valence-electron chi connectivity index (χ4n) is 2.85. The molecule has 1 amide bonds. The van der Waals surface area contributed by atoms with E-state index in [-0.39, 0.29) is 18.3 Å². The molecule has 0 saturated carbocycles. The molecule has 0 aromatic heterocycles. The lowest BCUT2D eigenvalue weighted by molar-refractivity contribution is 0.0781. The van der Waals surface area contributed by atoms with Crippen molar-refractivity contribution >= 4 is 45.8 Å². The first-order chi connectivity index (χ1) is 8.65. The molecule has 2 heterocycles. The van der Waals surface area contributed by atoms with Crippen LogP contribution in [0.25, 0.3) is 0 Å². The van der Waals surface area contributed by atoms with Crippen LogP contribution in [-0.4, -0.2) is 37.0 Å². The van der Waals surface area contributed by atoms with Crippen molar-refractivity contribution in [2.45, 2.75) is 0 Å². The number of benzene rings is 1. The van der Waals surface area contributed by atoms with E-state index in [1.807, 2.05) is 11.0 Å². The van der Waals surface area contributed by atoms with Crippen LogP contribution in [0.3, 0.4) is 0 Å².